The van der Waals surface area contributed by atoms with Crippen molar-refractivity contribution in [2.24, 2.45) is 17.8 Å². The second-order valence-corrected chi connectivity index (χ2v) is 7.21. The first-order valence-electron chi connectivity index (χ1n) is 9.19. The van der Waals surface area contributed by atoms with E-state index in [4.69, 9.17) is 0 Å². The van der Waals surface area contributed by atoms with Crippen LogP contribution in [0.3, 0.4) is 0 Å². The van der Waals surface area contributed by atoms with Crippen molar-refractivity contribution in [3.63, 3.8) is 0 Å². The second kappa shape index (κ2) is 10.5. The largest absolute Gasteiger partial charge is 0.343 e. The highest BCUT2D eigenvalue weighted by Crippen LogP contribution is 2.32. The Morgan fingerprint density at radius 2 is 1.77 bits per heavy atom. The number of carbonyl (C=O) groups excluding carboxylic acids is 1. The Hall–Kier alpha value is -0.280. The lowest BCUT2D eigenvalue weighted by Crippen LogP contribution is -2.41. The van der Waals surface area contributed by atoms with Crippen LogP contribution < -0.4 is 5.32 Å². The number of rotatable bonds is 6. The summed E-state index contributed by atoms with van der Waals surface area (Å²) >= 11 is 0. The van der Waals surface area contributed by atoms with Crippen molar-refractivity contribution < 1.29 is 4.79 Å². The fourth-order valence-electron chi connectivity index (χ4n) is 4.01. The Morgan fingerprint density at radius 3 is 2.36 bits per heavy atom. The van der Waals surface area contributed by atoms with Crippen LogP contribution in [0.4, 0.5) is 0 Å². The van der Waals surface area contributed by atoms with Crippen LogP contribution >= 0.6 is 12.4 Å². The molecule has 0 bridgehead atoms. The maximum Gasteiger partial charge on any atom is 0.222 e. The monoisotopic (exact) mass is 330 g/mol. The van der Waals surface area contributed by atoms with Crippen LogP contribution in [0, 0.1) is 17.8 Å². The Balaban J connectivity index is 0.00000242. The zero-order valence-electron chi connectivity index (χ0n) is 14.5. The lowest BCUT2D eigenvalue weighted by Gasteiger charge is -2.34. The Labute approximate surface area is 143 Å². The van der Waals surface area contributed by atoms with E-state index in [2.05, 4.69) is 24.1 Å². The number of nitrogens with one attached hydrogen (secondary N) is 1. The van der Waals surface area contributed by atoms with E-state index in [9.17, 15) is 4.79 Å². The van der Waals surface area contributed by atoms with Crippen molar-refractivity contribution in [3.05, 3.63) is 0 Å². The molecule has 3 nitrogen and oxygen atoms in total. The van der Waals surface area contributed by atoms with Gasteiger partial charge in [-0.05, 0) is 43.7 Å². The van der Waals surface area contributed by atoms with Crippen LogP contribution in [-0.4, -0.2) is 37.0 Å². The molecule has 0 aromatic rings. The first kappa shape index (κ1) is 19.8. The molecule has 0 aromatic carbocycles. The summed E-state index contributed by atoms with van der Waals surface area (Å²) in [6.45, 7) is 8.59. The van der Waals surface area contributed by atoms with E-state index in [1.54, 1.807) is 0 Å². The molecule has 4 heteroatoms. The van der Waals surface area contributed by atoms with Crippen LogP contribution in [0.25, 0.3) is 0 Å². The number of amides is 1. The molecule has 1 heterocycles. The van der Waals surface area contributed by atoms with Gasteiger partial charge in [0.05, 0.1) is 0 Å². The van der Waals surface area contributed by atoms with Gasteiger partial charge >= 0.3 is 0 Å². The number of likely N-dealkylation sites (tertiary alicyclic amines) is 1. The molecule has 0 aromatic heterocycles. The van der Waals surface area contributed by atoms with E-state index in [0.29, 0.717) is 11.8 Å². The van der Waals surface area contributed by atoms with Crippen LogP contribution in [0.15, 0.2) is 0 Å². The van der Waals surface area contributed by atoms with Crippen molar-refractivity contribution in [1.29, 1.82) is 0 Å². The SMILES string of the molecule is CCNCC1CCN(C(=O)CC(C)C2CCCCC2)CC1.Cl. The lowest BCUT2D eigenvalue weighted by atomic mass is 9.79. The van der Waals surface area contributed by atoms with Crippen LogP contribution in [-0.2, 0) is 4.79 Å². The Kier molecular flexibility index (Phi) is 9.42. The molecule has 0 spiro atoms. The number of carbonyl (C=O) groups is 1. The molecule has 0 radical (unpaired) electrons. The minimum atomic E-state index is 0. The molecular formula is C18H35ClN2O. The summed E-state index contributed by atoms with van der Waals surface area (Å²) < 4.78 is 0. The summed E-state index contributed by atoms with van der Waals surface area (Å²) in [6.07, 6.45) is 9.97. The number of hydrogen-bond acceptors (Lipinski definition) is 2. The molecule has 1 amide bonds. The molecule has 1 unspecified atom stereocenters. The zero-order valence-corrected chi connectivity index (χ0v) is 15.3. The average Bonchev–Trinajstić information content (AvgIpc) is 2.54. The minimum Gasteiger partial charge on any atom is -0.343 e. The maximum absolute atomic E-state index is 12.5. The lowest BCUT2D eigenvalue weighted by molar-refractivity contribution is -0.134. The fourth-order valence-corrected chi connectivity index (χ4v) is 4.01. The van der Waals surface area contributed by atoms with E-state index < -0.39 is 0 Å². The van der Waals surface area contributed by atoms with Crippen molar-refractivity contribution in [2.45, 2.75) is 65.2 Å². The number of halogens is 1. The van der Waals surface area contributed by atoms with Crippen molar-refractivity contribution >= 4 is 18.3 Å². The maximum atomic E-state index is 12.5. The minimum absolute atomic E-state index is 0. The van der Waals surface area contributed by atoms with Gasteiger partial charge in [0.15, 0.2) is 0 Å². The van der Waals surface area contributed by atoms with E-state index >= 15 is 0 Å². The fraction of sp³-hybridized carbons (Fsp3) is 0.944. The van der Waals surface area contributed by atoms with Crippen LogP contribution in [0.5, 0.6) is 0 Å². The molecule has 22 heavy (non-hydrogen) atoms. The molecule has 1 aliphatic carbocycles. The second-order valence-electron chi connectivity index (χ2n) is 7.21. The molecule has 2 fully saturated rings. The zero-order chi connectivity index (χ0) is 15.1. The molecule has 130 valence electrons. The van der Waals surface area contributed by atoms with Gasteiger partial charge in [-0.15, -0.1) is 12.4 Å². The highest BCUT2D eigenvalue weighted by molar-refractivity contribution is 5.85. The van der Waals surface area contributed by atoms with Crippen LogP contribution in [0.1, 0.15) is 65.2 Å². The van der Waals surface area contributed by atoms with Gasteiger partial charge in [-0.1, -0.05) is 46.0 Å². The highest BCUT2D eigenvalue weighted by Gasteiger charge is 2.26. The van der Waals surface area contributed by atoms with Crippen molar-refractivity contribution in [1.82, 2.24) is 10.2 Å². The molecule has 2 rings (SSSR count). The van der Waals surface area contributed by atoms with Gasteiger partial charge in [-0.3, -0.25) is 4.79 Å². The molecule has 1 aliphatic heterocycles. The molecular weight excluding hydrogens is 296 g/mol. The highest BCUT2D eigenvalue weighted by atomic mass is 35.5. The number of nitrogens with zero attached hydrogens (tertiary/aromatic N) is 1. The predicted octanol–water partition coefficient (Wildman–Crippen LogP) is 3.86. The first-order chi connectivity index (χ1) is 10.2. The van der Waals surface area contributed by atoms with Crippen LogP contribution in [0.2, 0.25) is 0 Å². The van der Waals surface area contributed by atoms with Gasteiger partial charge in [0, 0.05) is 19.5 Å². The standard InChI is InChI=1S/C18H34N2O.ClH/c1-3-19-14-16-9-11-20(12-10-16)18(21)13-15(2)17-7-5-4-6-8-17;/h15-17,19H,3-14H2,1-2H3;1H. The van der Waals surface area contributed by atoms with Gasteiger partial charge in [0.25, 0.3) is 0 Å². The summed E-state index contributed by atoms with van der Waals surface area (Å²) in [5, 5.41) is 3.43. The van der Waals surface area contributed by atoms with E-state index in [1.807, 2.05) is 0 Å². The summed E-state index contributed by atoms with van der Waals surface area (Å²) in [5.74, 6) is 2.56. The van der Waals surface area contributed by atoms with Gasteiger partial charge in [0.1, 0.15) is 0 Å². The third-order valence-electron chi connectivity index (χ3n) is 5.60. The molecule has 1 atom stereocenters. The molecule has 1 saturated carbocycles. The summed E-state index contributed by atoms with van der Waals surface area (Å²) in [5.41, 5.74) is 0. The number of piperidine rings is 1. The smallest absolute Gasteiger partial charge is 0.222 e. The summed E-state index contributed by atoms with van der Waals surface area (Å²) in [4.78, 5) is 14.6. The molecule has 1 saturated heterocycles. The summed E-state index contributed by atoms with van der Waals surface area (Å²) in [7, 11) is 0. The van der Waals surface area contributed by atoms with E-state index in [1.165, 1.54) is 44.9 Å². The predicted molar refractivity (Wildman–Crippen MR) is 95.5 cm³/mol. The normalized spacial score (nSPS) is 22.2. The van der Waals surface area contributed by atoms with Gasteiger partial charge in [-0.25, -0.2) is 0 Å². The number of hydrogen-bond donors (Lipinski definition) is 1. The molecule has 2 aliphatic rings. The Morgan fingerprint density at radius 1 is 1.14 bits per heavy atom. The third-order valence-corrected chi connectivity index (χ3v) is 5.60. The van der Waals surface area contributed by atoms with Gasteiger partial charge in [0.2, 0.25) is 5.91 Å². The summed E-state index contributed by atoms with van der Waals surface area (Å²) in [6, 6.07) is 0. The van der Waals surface area contributed by atoms with Gasteiger partial charge < -0.3 is 10.2 Å². The van der Waals surface area contributed by atoms with Gasteiger partial charge in [-0.2, -0.15) is 0 Å². The van der Waals surface area contributed by atoms with E-state index in [-0.39, 0.29) is 12.4 Å². The first-order valence-corrected chi connectivity index (χ1v) is 9.19. The van der Waals surface area contributed by atoms with Crippen molar-refractivity contribution in [3.8, 4) is 0 Å². The Bertz CT molecular complexity index is 310. The quantitative estimate of drug-likeness (QED) is 0.802. The average molecular weight is 331 g/mol. The third kappa shape index (κ3) is 6.08. The van der Waals surface area contributed by atoms with E-state index in [0.717, 1.165) is 44.4 Å². The molecule has 1 N–H and O–H groups in total. The van der Waals surface area contributed by atoms with Crippen molar-refractivity contribution in [2.75, 3.05) is 26.2 Å². The topological polar surface area (TPSA) is 32.3 Å².